The first-order chi connectivity index (χ1) is 27.2. The zero-order valence-corrected chi connectivity index (χ0v) is 30.6. The van der Waals surface area contributed by atoms with E-state index in [4.69, 9.17) is 4.42 Å². The van der Waals surface area contributed by atoms with Crippen LogP contribution in [0.4, 0.5) is 17.1 Å². The highest BCUT2D eigenvalue weighted by Gasteiger charge is 2.19. The molecule has 2 aromatic heterocycles. The highest BCUT2D eigenvalue weighted by atomic mass is 32.1. The maximum atomic E-state index is 6.30. The van der Waals surface area contributed by atoms with Crippen LogP contribution in [0.3, 0.4) is 0 Å². The molecule has 9 aromatic carbocycles. The lowest BCUT2D eigenvalue weighted by Crippen LogP contribution is -2.10. The number of furan rings is 1. The number of hydrogen-bond acceptors (Lipinski definition) is 3. The Morgan fingerprint density at radius 1 is 0.345 bits per heavy atom. The van der Waals surface area contributed by atoms with Crippen LogP contribution < -0.4 is 4.90 Å². The van der Waals surface area contributed by atoms with Gasteiger partial charge in [-0.05, 0) is 111 Å². The second-order valence-corrected chi connectivity index (χ2v) is 15.2. The van der Waals surface area contributed by atoms with Crippen molar-refractivity contribution in [1.29, 1.82) is 0 Å². The topological polar surface area (TPSA) is 16.4 Å². The maximum Gasteiger partial charge on any atom is 0.135 e. The van der Waals surface area contributed by atoms with Gasteiger partial charge in [0.25, 0.3) is 0 Å². The van der Waals surface area contributed by atoms with Gasteiger partial charge >= 0.3 is 0 Å². The highest BCUT2D eigenvalue weighted by Crippen LogP contribution is 2.45. The average Bonchev–Trinajstić information content (AvgIpc) is 3.82. The molecule has 3 heteroatoms. The van der Waals surface area contributed by atoms with Crippen LogP contribution >= 0.6 is 11.3 Å². The summed E-state index contributed by atoms with van der Waals surface area (Å²) in [5.41, 5.74) is 12.1. The molecule has 55 heavy (non-hydrogen) atoms. The van der Waals surface area contributed by atoms with E-state index in [0.29, 0.717) is 0 Å². The lowest BCUT2D eigenvalue weighted by molar-refractivity contribution is 0.669. The van der Waals surface area contributed by atoms with Gasteiger partial charge in [-0.2, -0.15) is 0 Å². The number of nitrogens with zero attached hydrogens (tertiary/aromatic N) is 1. The molecule has 258 valence electrons. The summed E-state index contributed by atoms with van der Waals surface area (Å²) in [4.78, 5) is 2.40. The van der Waals surface area contributed by atoms with Crippen molar-refractivity contribution >= 4 is 81.3 Å². The third-order valence-corrected chi connectivity index (χ3v) is 12.0. The Hall–Kier alpha value is -6.94. The van der Waals surface area contributed by atoms with E-state index in [0.717, 1.165) is 39.0 Å². The molecule has 2 nitrogen and oxygen atoms in total. The molecule has 0 fully saturated rings. The van der Waals surface area contributed by atoms with E-state index in [2.05, 4.69) is 193 Å². The van der Waals surface area contributed by atoms with Gasteiger partial charge in [-0.1, -0.05) is 133 Å². The number of anilines is 3. The highest BCUT2D eigenvalue weighted by molar-refractivity contribution is 7.26. The molecule has 11 aromatic rings. The molecule has 0 unspecified atom stereocenters. The van der Waals surface area contributed by atoms with Crippen LogP contribution in [0.5, 0.6) is 0 Å². The number of hydrogen-bond donors (Lipinski definition) is 0. The van der Waals surface area contributed by atoms with E-state index in [1.165, 1.54) is 64.3 Å². The van der Waals surface area contributed by atoms with Gasteiger partial charge in [-0.15, -0.1) is 11.3 Å². The van der Waals surface area contributed by atoms with Crippen molar-refractivity contribution in [2.24, 2.45) is 0 Å². The van der Waals surface area contributed by atoms with Crippen LogP contribution in [-0.2, 0) is 0 Å². The zero-order valence-electron chi connectivity index (χ0n) is 29.8. The molecule has 11 rings (SSSR count). The van der Waals surface area contributed by atoms with Crippen LogP contribution in [0.2, 0.25) is 0 Å². The number of rotatable bonds is 6. The number of fused-ring (bicyclic) bond motifs is 7. The van der Waals surface area contributed by atoms with Crippen LogP contribution in [0, 0.1) is 0 Å². The van der Waals surface area contributed by atoms with E-state index in [1.807, 2.05) is 23.5 Å². The summed E-state index contributed by atoms with van der Waals surface area (Å²) in [7, 11) is 0. The van der Waals surface area contributed by atoms with Crippen molar-refractivity contribution in [3.8, 4) is 33.4 Å². The number of para-hydroxylation sites is 1. The van der Waals surface area contributed by atoms with Gasteiger partial charge in [0.05, 0.1) is 0 Å². The minimum atomic E-state index is 0.881. The monoisotopic (exact) mass is 719 g/mol. The largest absolute Gasteiger partial charge is 0.456 e. The SMILES string of the molecule is c1ccc(-c2cc(-c3cccc4c3sc3ccccc34)cc(N(c3ccc(-c4ccc5ccccc5c4)cc3)c3ccc4oc5ccccc5c4c3)c2)cc1. The summed E-state index contributed by atoms with van der Waals surface area (Å²) < 4.78 is 8.90. The van der Waals surface area contributed by atoms with Gasteiger partial charge in [0, 0.05) is 48.0 Å². The zero-order chi connectivity index (χ0) is 36.3. The molecule has 0 radical (unpaired) electrons. The smallest absolute Gasteiger partial charge is 0.135 e. The maximum absolute atomic E-state index is 6.30. The predicted octanol–water partition coefficient (Wildman–Crippen LogP) is 15.6. The summed E-state index contributed by atoms with van der Waals surface area (Å²) >= 11 is 1.87. The second kappa shape index (κ2) is 12.9. The fraction of sp³-hybridized carbons (Fsp3) is 0. The Kier molecular flexibility index (Phi) is 7.39. The molecule has 0 saturated carbocycles. The molecule has 0 saturated heterocycles. The van der Waals surface area contributed by atoms with Gasteiger partial charge in [-0.25, -0.2) is 0 Å². The van der Waals surface area contributed by atoms with Crippen molar-refractivity contribution < 1.29 is 4.42 Å². The fourth-order valence-corrected chi connectivity index (χ4v) is 9.38. The van der Waals surface area contributed by atoms with Crippen LogP contribution in [0.15, 0.2) is 205 Å². The van der Waals surface area contributed by atoms with E-state index < -0.39 is 0 Å². The summed E-state index contributed by atoms with van der Waals surface area (Å²) in [5.74, 6) is 0. The summed E-state index contributed by atoms with van der Waals surface area (Å²) in [5, 5.41) is 7.30. The van der Waals surface area contributed by atoms with Crippen LogP contribution in [0.25, 0.3) is 86.3 Å². The van der Waals surface area contributed by atoms with Gasteiger partial charge in [0.15, 0.2) is 0 Å². The van der Waals surface area contributed by atoms with Crippen molar-refractivity contribution in [2.45, 2.75) is 0 Å². The number of thiophene rings is 1. The molecule has 0 aliphatic heterocycles. The van der Waals surface area contributed by atoms with E-state index in [-0.39, 0.29) is 0 Å². The standard InChI is InChI=1S/C52H33NOS/c1-2-11-34(12-3-1)39-30-40(44-17-10-18-47-46-16-7-9-20-51(46)55-52(44)47)32-43(31-39)53(42-27-28-50-48(33-42)45-15-6-8-19-49(45)54-50)41-25-23-36(24-26-41)38-22-21-35-13-4-5-14-37(35)29-38/h1-33H. The van der Waals surface area contributed by atoms with Crippen molar-refractivity contribution in [3.63, 3.8) is 0 Å². The molecule has 2 heterocycles. The van der Waals surface area contributed by atoms with E-state index >= 15 is 0 Å². The first-order valence-electron chi connectivity index (χ1n) is 18.7. The lowest BCUT2D eigenvalue weighted by atomic mass is 9.96. The Morgan fingerprint density at radius 3 is 1.91 bits per heavy atom. The second-order valence-electron chi connectivity index (χ2n) is 14.1. The first-order valence-corrected chi connectivity index (χ1v) is 19.5. The van der Waals surface area contributed by atoms with Gasteiger partial charge in [0.2, 0.25) is 0 Å². The minimum Gasteiger partial charge on any atom is -0.456 e. The average molecular weight is 720 g/mol. The summed E-state index contributed by atoms with van der Waals surface area (Å²) in [6, 6.07) is 72.4. The van der Waals surface area contributed by atoms with Crippen molar-refractivity contribution in [2.75, 3.05) is 4.90 Å². The Balaban J connectivity index is 1.13. The Labute approximate surface area is 322 Å². The minimum absolute atomic E-state index is 0.881. The molecular formula is C52H33NOS. The molecule has 0 aliphatic carbocycles. The molecule has 0 atom stereocenters. The normalized spacial score (nSPS) is 11.6. The summed E-state index contributed by atoms with van der Waals surface area (Å²) in [6.45, 7) is 0. The van der Waals surface area contributed by atoms with Crippen LogP contribution in [0.1, 0.15) is 0 Å². The molecule has 0 aliphatic rings. The van der Waals surface area contributed by atoms with E-state index in [9.17, 15) is 0 Å². The van der Waals surface area contributed by atoms with Gasteiger partial charge in [0.1, 0.15) is 11.2 Å². The first kappa shape index (κ1) is 31.6. The lowest BCUT2D eigenvalue weighted by Gasteiger charge is -2.27. The fourth-order valence-electron chi connectivity index (χ4n) is 8.14. The molecule has 0 bridgehead atoms. The van der Waals surface area contributed by atoms with Gasteiger partial charge in [-0.3, -0.25) is 0 Å². The Morgan fingerprint density at radius 2 is 1.02 bits per heavy atom. The molecular weight excluding hydrogens is 687 g/mol. The van der Waals surface area contributed by atoms with E-state index in [1.54, 1.807) is 0 Å². The molecule has 0 amide bonds. The molecule has 0 spiro atoms. The molecule has 0 N–H and O–H groups in total. The van der Waals surface area contributed by atoms with Gasteiger partial charge < -0.3 is 9.32 Å². The quantitative estimate of drug-likeness (QED) is 0.170. The number of benzene rings is 9. The predicted molar refractivity (Wildman–Crippen MR) is 235 cm³/mol. The Bertz CT molecular complexity index is 3210. The summed E-state index contributed by atoms with van der Waals surface area (Å²) in [6.07, 6.45) is 0. The van der Waals surface area contributed by atoms with Crippen molar-refractivity contribution in [1.82, 2.24) is 0 Å². The third-order valence-electron chi connectivity index (χ3n) is 10.8. The van der Waals surface area contributed by atoms with Crippen LogP contribution in [-0.4, -0.2) is 0 Å². The van der Waals surface area contributed by atoms with Crippen molar-refractivity contribution in [3.05, 3.63) is 200 Å². The third kappa shape index (κ3) is 5.48.